The second-order valence-corrected chi connectivity index (χ2v) is 6.23. The van der Waals surface area contributed by atoms with Crippen molar-refractivity contribution < 1.29 is 0 Å². The number of piperidine rings is 1. The standard InChI is InChI=1S/C13H25N3/c1-7(2)10-8(3)15-13-11(10)12-9(16-13)5-4-6-14-12/h7-16H,4-6H2,1-3H3. The van der Waals surface area contributed by atoms with Crippen LogP contribution in [-0.2, 0) is 0 Å². The van der Waals surface area contributed by atoms with Crippen LogP contribution in [0.4, 0.5) is 0 Å². The molecule has 0 aromatic rings. The van der Waals surface area contributed by atoms with Gasteiger partial charge in [-0.15, -0.1) is 0 Å². The van der Waals surface area contributed by atoms with Crippen LogP contribution in [-0.4, -0.2) is 30.8 Å². The predicted octanol–water partition coefficient (Wildman–Crippen LogP) is 0.916. The van der Waals surface area contributed by atoms with E-state index in [1.807, 2.05) is 0 Å². The molecule has 0 bridgehead atoms. The van der Waals surface area contributed by atoms with Crippen molar-refractivity contribution >= 4 is 0 Å². The number of hydrogen-bond donors (Lipinski definition) is 3. The van der Waals surface area contributed by atoms with Crippen LogP contribution in [0.1, 0.15) is 33.6 Å². The summed E-state index contributed by atoms with van der Waals surface area (Å²) in [7, 11) is 0. The maximum Gasteiger partial charge on any atom is 0.0624 e. The van der Waals surface area contributed by atoms with Gasteiger partial charge in [0.2, 0.25) is 0 Å². The molecule has 6 unspecified atom stereocenters. The van der Waals surface area contributed by atoms with Crippen LogP contribution in [0.25, 0.3) is 0 Å². The molecule has 3 heterocycles. The molecule has 3 aliphatic heterocycles. The fraction of sp³-hybridized carbons (Fsp3) is 1.00. The average Bonchev–Trinajstić information content (AvgIpc) is 2.71. The molecule has 3 heteroatoms. The van der Waals surface area contributed by atoms with Crippen LogP contribution in [0.15, 0.2) is 0 Å². The van der Waals surface area contributed by atoms with Crippen molar-refractivity contribution in [3.8, 4) is 0 Å². The second kappa shape index (κ2) is 3.97. The normalized spacial score (nSPS) is 51.8. The van der Waals surface area contributed by atoms with Gasteiger partial charge < -0.3 is 5.32 Å². The van der Waals surface area contributed by atoms with E-state index in [-0.39, 0.29) is 0 Å². The van der Waals surface area contributed by atoms with Gasteiger partial charge in [-0.3, -0.25) is 10.6 Å². The summed E-state index contributed by atoms with van der Waals surface area (Å²) in [5.74, 6) is 2.39. The average molecular weight is 223 g/mol. The minimum absolute atomic E-state index is 0.558. The van der Waals surface area contributed by atoms with Crippen molar-refractivity contribution in [1.29, 1.82) is 0 Å². The van der Waals surface area contributed by atoms with Crippen molar-refractivity contribution in [1.82, 2.24) is 16.0 Å². The van der Waals surface area contributed by atoms with E-state index in [1.54, 1.807) is 0 Å². The maximum absolute atomic E-state index is 3.80. The van der Waals surface area contributed by atoms with Crippen molar-refractivity contribution in [2.24, 2.45) is 17.8 Å². The molecule has 92 valence electrons. The van der Waals surface area contributed by atoms with Crippen LogP contribution in [0.3, 0.4) is 0 Å². The van der Waals surface area contributed by atoms with Crippen LogP contribution in [0, 0.1) is 17.8 Å². The summed E-state index contributed by atoms with van der Waals surface area (Å²) >= 11 is 0. The lowest BCUT2D eigenvalue weighted by Crippen LogP contribution is -2.50. The molecule has 3 rings (SSSR count). The highest BCUT2D eigenvalue weighted by Crippen LogP contribution is 2.40. The molecule has 3 saturated heterocycles. The first kappa shape index (κ1) is 11.0. The zero-order valence-corrected chi connectivity index (χ0v) is 10.7. The third kappa shape index (κ3) is 1.52. The molecular weight excluding hydrogens is 198 g/mol. The highest BCUT2D eigenvalue weighted by atomic mass is 15.3. The molecule has 0 spiro atoms. The van der Waals surface area contributed by atoms with Crippen molar-refractivity contribution in [3.63, 3.8) is 0 Å². The zero-order valence-electron chi connectivity index (χ0n) is 10.7. The first-order chi connectivity index (χ1) is 7.68. The van der Waals surface area contributed by atoms with E-state index in [0.717, 1.165) is 17.8 Å². The Labute approximate surface area is 98.8 Å². The van der Waals surface area contributed by atoms with E-state index >= 15 is 0 Å². The molecule has 16 heavy (non-hydrogen) atoms. The Bertz CT molecular complexity index is 266. The minimum atomic E-state index is 0.558. The summed E-state index contributed by atoms with van der Waals surface area (Å²) < 4.78 is 0. The fourth-order valence-corrected chi connectivity index (χ4v) is 4.42. The fourth-order valence-electron chi connectivity index (χ4n) is 4.42. The Morgan fingerprint density at radius 2 is 2.00 bits per heavy atom. The Kier molecular flexibility index (Phi) is 2.73. The molecule has 0 aromatic heterocycles. The lowest BCUT2D eigenvalue weighted by atomic mass is 9.76. The molecule has 3 aliphatic rings. The van der Waals surface area contributed by atoms with Gasteiger partial charge in [-0.25, -0.2) is 0 Å². The lowest BCUT2D eigenvalue weighted by molar-refractivity contribution is 0.212. The number of fused-ring (bicyclic) bond motifs is 3. The monoisotopic (exact) mass is 223 g/mol. The molecule has 0 amide bonds. The summed E-state index contributed by atoms with van der Waals surface area (Å²) in [4.78, 5) is 0. The van der Waals surface area contributed by atoms with E-state index < -0.39 is 0 Å². The second-order valence-electron chi connectivity index (χ2n) is 6.23. The van der Waals surface area contributed by atoms with E-state index in [4.69, 9.17) is 0 Å². The van der Waals surface area contributed by atoms with Gasteiger partial charge >= 0.3 is 0 Å². The Morgan fingerprint density at radius 3 is 2.75 bits per heavy atom. The van der Waals surface area contributed by atoms with Crippen LogP contribution >= 0.6 is 0 Å². The van der Waals surface area contributed by atoms with Crippen molar-refractivity contribution in [3.05, 3.63) is 0 Å². The first-order valence-electron chi connectivity index (χ1n) is 6.94. The smallest absolute Gasteiger partial charge is 0.0624 e. The summed E-state index contributed by atoms with van der Waals surface area (Å²) in [5, 5.41) is 11.3. The molecule has 0 radical (unpaired) electrons. The maximum atomic E-state index is 3.80. The highest BCUT2D eigenvalue weighted by Gasteiger charge is 2.53. The Hall–Kier alpha value is -0.120. The van der Waals surface area contributed by atoms with Crippen LogP contribution < -0.4 is 16.0 Å². The molecule has 6 atom stereocenters. The van der Waals surface area contributed by atoms with Gasteiger partial charge in [0, 0.05) is 24.0 Å². The third-order valence-corrected chi connectivity index (χ3v) is 4.93. The van der Waals surface area contributed by atoms with E-state index in [1.165, 1.54) is 19.4 Å². The van der Waals surface area contributed by atoms with Gasteiger partial charge in [0.05, 0.1) is 6.17 Å². The van der Waals surface area contributed by atoms with Gasteiger partial charge in [0.1, 0.15) is 0 Å². The third-order valence-electron chi connectivity index (χ3n) is 4.93. The molecule has 3 fully saturated rings. The Balaban J connectivity index is 1.83. The molecule has 3 N–H and O–H groups in total. The quantitative estimate of drug-likeness (QED) is 0.618. The number of hydrogen-bond acceptors (Lipinski definition) is 3. The topological polar surface area (TPSA) is 36.1 Å². The van der Waals surface area contributed by atoms with Crippen LogP contribution in [0.2, 0.25) is 0 Å². The molecule has 0 aliphatic carbocycles. The van der Waals surface area contributed by atoms with Crippen molar-refractivity contribution in [2.75, 3.05) is 6.54 Å². The number of nitrogens with one attached hydrogen (secondary N) is 3. The van der Waals surface area contributed by atoms with Gasteiger partial charge in [-0.05, 0) is 38.1 Å². The first-order valence-corrected chi connectivity index (χ1v) is 6.94. The summed E-state index contributed by atoms with van der Waals surface area (Å²) in [6, 6.07) is 2.08. The summed E-state index contributed by atoms with van der Waals surface area (Å²) in [5.41, 5.74) is 0. The van der Waals surface area contributed by atoms with Gasteiger partial charge in [0.15, 0.2) is 0 Å². The summed E-state index contributed by atoms with van der Waals surface area (Å²) in [6.45, 7) is 8.32. The van der Waals surface area contributed by atoms with Gasteiger partial charge in [-0.2, -0.15) is 0 Å². The van der Waals surface area contributed by atoms with E-state index in [9.17, 15) is 0 Å². The van der Waals surface area contributed by atoms with Crippen LogP contribution in [0.5, 0.6) is 0 Å². The van der Waals surface area contributed by atoms with Gasteiger partial charge in [-0.1, -0.05) is 13.8 Å². The SMILES string of the molecule is CC(C)C1C(C)NC2NC3CCCNC3C21. The molecular formula is C13H25N3. The molecule has 3 nitrogen and oxygen atoms in total. The van der Waals surface area contributed by atoms with E-state index in [2.05, 4.69) is 36.7 Å². The molecule has 0 saturated carbocycles. The predicted molar refractivity (Wildman–Crippen MR) is 66.2 cm³/mol. The number of rotatable bonds is 1. The molecule has 0 aromatic carbocycles. The van der Waals surface area contributed by atoms with Gasteiger partial charge in [0.25, 0.3) is 0 Å². The minimum Gasteiger partial charge on any atom is -0.312 e. The highest BCUT2D eigenvalue weighted by molar-refractivity contribution is 5.10. The van der Waals surface area contributed by atoms with Crippen molar-refractivity contribution in [2.45, 2.75) is 57.9 Å². The largest absolute Gasteiger partial charge is 0.312 e. The zero-order chi connectivity index (χ0) is 11.3. The summed E-state index contributed by atoms with van der Waals surface area (Å²) in [6.07, 6.45) is 3.24. The lowest BCUT2D eigenvalue weighted by Gasteiger charge is -2.34. The van der Waals surface area contributed by atoms with E-state index in [0.29, 0.717) is 24.3 Å². The Morgan fingerprint density at radius 1 is 1.19 bits per heavy atom.